The Morgan fingerprint density at radius 3 is 2.76 bits per heavy atom. The molecule has 0 saturated heterocycles. The van der Waals surface area contributed by atoms with E-state index >= 15 is 0 Å². The number of benzene rings is 1. The molecule has 0 fully saturated rings. The fourth-order valence-electron chi connectivity index (χ4n) is 2.28. The number of likely N-dealkylation sites (N-methyl/N-ethyl adjacent to an activating group) is 1. The molecule has 0 bridgehead atoms. The normalized spacial score (nSPS) is 12.0. The van der Waals surface area contributed by atoms with Crippen LogP contribution in [0.15, 0.2) is 30.5 Å². The van der Waals surface area contributed by atoms with Gasteiger partial charge in [0.25, 0.3) is 5.91 Å². The highest BCUT2D eigenvalue weighted by molar-refractivity contribution is 5.95. The monoisotopic (exact) mass is 287 g/mol. The van der Waals surface area contributed by atoms with E-state index in [-0.39, 0.29) is 11.9 Å². The van der Waals surface area contributed by atoms with Crippen LogP contribution >= 0.6 is 0 Å². The highest BCUT2D eigenvalue weighted by Crippen LogP contribution is 2.21. The first-order chi connectivity index (χ1) is 10.0. The van der Waals surface area contributed by atoms with Gasteiger partial charge >= 0.3 is 0 Å². The molecule has 1 amide bonds. The van der Waals surface area contributed by atoms with E-state index in [0.717, 1.165) is 23.4 Å². The minimum atomic E-state index is -0.0244. The molecular weight excluding hydrogens is 266 g/mol. The number of methoxy groups -OCH3 is 1. The van der Waals surface area contributed by atoms with Crippen molar-refractivity contribution in [3.05, 3.63) is 47.3 Å². The third-order valence-electron chi connectivity index (χ3n) is 3.75. The molecule has 0 aliphatic carbocycles. The highest BCUT2D eigenvalue weighted by atomic mass is 16.5. The van der Waals surface area contributed by atoms with E-state index in [1.54, 1.807) is 18.2 Å². The summed E-state index contributed by atoms with van der Waals surface area (Å²) in [4.78, 5) is 14.2. The van der Waals surface area contributed by atoms with Crippen molar-refractivity contribution in [3.8, 4) is 5.75 Å². The maximum absolute atomic E-state index is 12.4. The number of carbonyl (C=O) groups excluding carboxylic acids is 1. The number of hydrogen-bond acceptors (Lipinski definition) is 3. The molecule has 21 heavy (non-hydrogen) atoms. The number of aromatic amines is 1. The number of aryl methyl sites for hydroxylation is 1. The van der Waals surface area contributed by atoms with Gasteiger partial charge in [-0.05, 0) is 31.9 Å². The summed E-state index contributed by atoms with van der Waals surface area (Å²) >= 11 is 0. The molecule has 0 saturated carbocycles. The molecule has 1 N–H and O–H groups in total. The number of para-hydroxylation sites is 1. The van der Waals surface area contributed by atoms with E-state index < -0.39 is 0 Å². The third kappa shape index (κ3) is 3.24. The zero-order valence-corrected chi connectivity index (χ0v) is 12.9. The van der Waals surface area contributed by atoms with Gasteiger partial charge in [0.2, 0.25) is 0 Å². The molecule has 0 spiro atoms. The SMILES string of the molecule is COc1ccccc1CC(C)N(C)C(=O)c1cn[nH]c1C. The molecule has 5 heteroatoms. The van der Waals surface area contributed by atoms with Gasteiger partial charge in [0.05, 0.1) is 18.9 Å². The molecule has 2 rings (SSSR count). The van der Waals surface area contributed by atoms with E-state index in [9.17, 15) is 4.79 Å². The summed E-state index contributed by atoms with van der Waals surface area (Å²) in [6.45, 7) is 3.87. The summed E-state index contributed by atoms with van der Waals surface area (Å²) < 4.78 is 5.36. The second kappa shape index (κ2) is 6.43. The van der Waals surface area contributed by atoms with Gasteiger partial charge in [0.1, 0.15) is 5.75 Å². The van der Waals surface area contributed by atoms with Gasteiger partial charge in [-0.25, -0.2) is 0 Å². The molecule has 1 aromatic carbocycles. The number of hydrogen-bond donors (Lipinski definition) is 1. The Labute approximate surface area is 124 Å². The van der Waals surface area contributed by atoms with Gasteiger partial charge < -0.3 is 9.64 Å². The second-order valence-corrected chi connectivity index (χ2v) is 5.19. The summed E-state index contributed by atoms with van der Waals surface area (Å²) in [5.41, 5.74) is 2.50. The van der Waals surface area contributed by atoms with Gasteiger partial charge in [-0.2, -0.15) is 5.10 Å². The second-order valence-electron chi connectivity index (χ2n) is 5.19. The van der Waals surface area contributed by atoms with Crippen LogP contribution in [0.25, 0.3) is 0 Å². The summed E-state index contributed by atoms with van der Waals surface area (Å²) in [6, 6.07) is 7.94. The molecular formula is C16H21N3O2. The van der Waals surface area contributed by atoms with E-state index in [4.69, 9.17) is 4.74 Å². The number of nitrogens with one attached hydrogen (secondary N) is 1. The first-order valence-corrected chi connectivity index (χ1v) is 6.93. The Morgan fingerprint density at radius 2 is 2.14 bits per heavy atom. The number of ether oxygens (including phenoxy) is 1. The third-order valence-corrected chi connectivity index (χ3v) is 3.75. The number of carbonyl (C=O) groups is 1. The summed E-state index contributed by atoms with van der Waals surface area (Å²) in [6.07, 6.45) is 2.31. The van der Waals surface area contributed by atoms with Crippen LogP contribution < -0.4 is 4.74 Å². The number of H-pyrrole nitrogens is 1. The highest BCUT2D eigenvalue weighted by Gasteiger charge is 2.21. The molecule has 2 aromatic rings. The number of amides is 1. The number of nitrogens with zero attached hydrogens (tertiary/aromatic N) is 2. The number of aromatic nitrogens is 2. The number of rotatable bonds is 5. The lowest BCUT2D eigenvalue weighted by Crippen LogP contribution is -2.36. The van der Waals surface area contributed by atoms with Crippen molar-refractivity contribution >= 4 is 5.91 Å². The zero-order chi connectivity index (χ0) is 15.4. The molecule has 0 aliphatic heterocycles. The standard InChI is InChI=1S/C16H21N3O2/c1-11(9-13-7-5-6-8-15(13)21-4)19(3)16(20)14-10-17-18-12(14)2/h5-8,10-11H,9H2,1-4H3,(H,17,18). The predicted molar refractivity (Wildman–Crippen MR) is 81.6 cm³/mol. The quantitative estimate of drug-likeness (QED) is 0.919. The predicted octanol–water partition coefficient (Wildman–Crippen LogP) is 2.43. The van der Waals surface area contributed by atoms with Crippen molar-refractivity contribution in [2.24, 2.45) is 0 Å². The van der Waals surface area contributed by atoms with Gasteiger partial charge in [-0.3, -0.25) is 9.89 Å². The maximum atomic E-state index is 12.4. The van der Waals surface area contributed by atoms with Crippen LogP contribution in [-0.2, 0) is 6.42 Å². The molecule has 1 atom stereocenters. The van der Waals surface area contributed by atoms with Crippen LogP contribution in [0.4, 0.5) is 0 Å². The zero-order valence-electron chi connectivity index (χ0n) is 12.9. The Kier molecular flexibility index (Phi) is 4.62. The van der Waals surface area contributed by atoms with Crippen molar-refractivity contribution < 1.29 is 9.53 Å². The molecule has 1 heterocycles. The molecule has 112 valence electrons. The maximum Gasteiger partial charge on any atom is 0.257 e. The van der Waals surface area contributed by atoms with Crippen molar-refractivity contribution in [1.29, 1.82) is 0 Å². The van der Waals surface area contributed by atoms with Gasteiger partial charge in [-0.1, -0.05) is 18.2 Å². The average molecular weight is 287 g/mol. The smallest absolute Gasteiger partial charge is 0.257 e. The van der Waals surface area contributed by atoms with Crippen LogP contribution in [0, 0.1) is 6.92 Å². The van der Waals surface area contributed by atoms with Gasteiger partial charge in [0, 0.05) is 18.8 Å². The van der Waals surface area contributed by atoms with Crippen LogP contribution in [0.2, 0.25) is 0 Å². The minimum Gasteiger partial charge on any atom is -0.496 e. The first-order valence-electron chi connectivity index (χ1n) is 6.93. The lowest BCUT2D eigenvalue weighted by atomic mass is 10.0. The van der Waals surface area contributed by atoms with E-state index in [0.29, 0.717) is 5.56 Å². The molecule has 0 radical (unpaired) electrons. The summed E-state index contributed by atoms with van der Waals surface area (Å²) in [5.74, 6) is 0.827. The first kappa shape index (κ1) is 15.1. The van der Waals surface area contributed by atoms with Crippen molar-refractivity contribution in [2.75, 3.05) is 14.2 Å². The topological polar surface area (TPSA) is 58.2 Å². The Bertz CT molecular complexity index is 621. The molecule has 1 unspecified atom stereocenters. The van der Waals surface area contributed by atoms with Crippen molar-refractivity contribution in [3.63, 3.8) is 0 Å². The Balaban J connectivity index is 2.11. The molecule has 5 nitrogen and oxygen atoms in total. The van der Waals surface area contributed by atoms with E-state index in [2.05, 4.69) is 10.2 Å². The van der Waals surface area contributed by atoms with Crippen molar-refractivity contribution in [1.82, 2.24) is 15.1 Å². The fraction of sp³-hybridized carbons (Fsp3) is 0.375. The lowest BCUT2D eigenvalue weighted by molar-refractivity contribution is 0.0742. The lowest BCUT2D eigenvalue weighted by Gasteiger charge is -2.25. The molecule has 0 aliphatic rings. The van der Waals surface area contributed by atoms with Gasteiger partial charge in [0.15, 0.2) is 0 Å². The summed E-state index contributed by atoms with van der Waals surface area (Å²) in [7, 11) is 3.47. The van der Waals surface area contributed by atoms with E-state index in [1.807, 2.05) is 45.2 Å². The van der Waals surface area contributed by atoms with Gasteiger partial charge in [-0.15, -0.1) is 0 Å². The van der Waals surface area contributed by atoms with Crippen LogP contribution in [0.3, 0.4) is 0 Å². The largest absolute Gasteiger partial charge is 0.496 e. The van der Waals surface area contributed by atoms with E-state index in [1.165, 1.54) is 0 Å². The fourth-order valence-corrected chi connectivity index (χ4v) is 2.28. The van der Waals surface area contributed by atoms with Crippen LogP contribution in [0.5, 0.6) is 5.75 Å². The average Bonchev–Trinajstić information content (AvgIpc) is 2.92. The minimum absolute atomic E-state index is 0.0244. The summed E-state index contributed by atoms with van der Waals surface area (Å²) in [5, 5.41) is 6.70. The Hall–Kier alpha value is -2.30. The molecule has 1 aromatic heterocycles. The van der Waals surface area contributed by atoms with Crippen LogP contribution in [-0.4, -0.2) is 41.2 Å². The van der Waals surface area contributed by atoms with Crippen LogP contribution in [0.1, 0.15) is 28.5 Å². The Morgan fingerprint density at radius 1 is 1.43 bits per heavy atom. The van der Waals surface area contributed by atoms with Crippen molar-refractivity contribution in [2.45, 2.75) is 26.3 Å².